The summed E-state index contributed by atoms with van der Waals surface area (Å²) in [5, 5.41) is 0. The maximum atomic E-state index is 6.15. The van der Waals surface area contributed by atoms with Crippen molar-refractivity contribution in [3.05, 3.63) is 34.9 Å². The van der Waals surface area contributed by atoms with E-state index in [1.54, 1.807) is 0 Å². The Balaban J connectivity index is 2.92. The van der Waals surface area contributed by atoms with Gasteiger partial charge in [0, 0.05) is 0 Å². The van der Waals surface area contributed by atoms with Crippen molar-refractivity contribution in [2.75, 3.05) is 0 Å². The monoisotopic (exact) mass is 384 g/mol. The fourth-order valence-electron chi connectivity index (χ4n) is 1.93. The molecule has 1 rings (SSSR count). The van der Waals surface area contributed by atoms with Crippen LogP contribution in [0, 0.1) is 0 Å². The molecule has 0 unspecified atom stereocenters. The highest BCUT2D eigenvalue weighted by molar-refractivity contribution is 6.70. The number of benzene rings is 1. The maximum absolute atomic E-state index is 6.15. The Kier molecular flexibility index (Phi) is 7.65. The second-order valence-corrected chi connectivity index (χ2v) is 22.8. The lowest BCUT2D eigenvalue weighted by Crippen LogP contribution is -2.27. The molecule has 0 aliphatic heterocycles. The molecule has 0 spiro atoms. The fourth-order valence-corrected chi connectivity index (χ4v) is 3.71. The molecule has 1 aromatic carbocycles. The Labute approximate surface area is 152 Å². The highest BCUT2D eigenvalue weighted by Crippen LogP contribution is 2.20. The zero-order chi connectivity index (χ0) is 18.6. The van der Waals surface area contributed by atoms with Crippen molar-refractivity contribution >= 4 is 25.0 Å². The molecular weight excluding hydrogens is 348 g/mol. The second-order valence-electron chi connectivity index (χ2n) is 9.31. The Morgan fingerprint density at radius 2 is 1.00 bits per heavy atom. The first kappa shape index (κ1) is 21.8. The average Bonchev–Trinajstić information content (AvgIpc) is 2.39. The van der Waals surface area contributed by atoms with Gasteiger partial charge in [-0.25, -0.2) is 0 Å². The van der Waals surface area contributed by atoms with Gasteiger partial charge in [-0.2, -0.15) is 0 Å². The number of rotatable bonds is 9. The summed E-state index contributed by atoms with van der Waals surface area (Å²) < 4.78 is 18.3. The zero-order valence-electron chi connectivity index (χ0n) is 17.1. The van der Waals surface area contributed by atoms with E-state index in [9.17, 15) is 0 Å². The molecule has 138 valence electrons. The van der Waals surface area contributed by atoms with Crippen LogP contribution in [0.25, 0.3) is 0 Å². The first-order valence-electron chi connectivity index (χ1n) is 8.78. The summed E-state index contributed by atoms with van der Waals surface area (Å²) in [5.74, 6) is 0. The van der Waals surface area contributed by atoms with Gasteiger partial charge in [-0.15, -0.1) is 0 Å². The summed E-state index contributed by atoms with van der Waals surface area (Å²) in [6.07, 6.45) is 0. The summed E-state index contributed by atoms with van der Waals surface area (Å²) in [7, 11) is -4.58. The predicted octanol–water partition coefficient (Wildman–Crippen LogP) is 5.74. The quantitative estimate of drug-likeness (QED) is 0.508. The standard InChI is InChI=1S/C18H36O3Si3/c1-22(2,3)19-13-16-10-11-17(14-20-23(4,5)6)18(12-16)15-21-24(7,8)9/h10-12H,13-15H2,1-9H3. The van der Waals surface area contributed by atoms with Gasteiger partial charge in [0.25, 0.3) is 0 Å². The molecule has 0 saturated carbocycles. The molecule has 6 heteroatoms. The normalized spacial score (nSPS) is 13.4. The first-order valence-corrected chi connectivity index (χ1v) is 19.0. The van der Waals surface area contributed by atoms with Crippen LogP contribution in [-0.2, 0) is 33.1 Å². The molecule has 0 bridgehead atoms. The van der Waals surface area contributed by atoms with Gasteiger partial charge in [0.1, 0.15) is 0 Å². The number of hydrogen-bond donors (Lipinski definition) is 0. The Morgan fingerprint density at radius 1 is 0.583 bits per heavy atom. The predicted molar refractivity (Wildman–Crippen MR) is 111 cm³/mol. The van der Waals surface area contributed by atoms with Gasteiger partial charge in [-0.1, -0.05) is 18.2 Å². The number of hydrogen-bond acceptors (Lipinski definition) is 3. The van der Waals surface area contributed by atoms with Crippen molar-refractivity contribution in [2.45, 2.75) is 78.7 Å². The van der Waals surface area contributed by atoms with Gasteiger partial charge in [-0.05, 0) is 75.6 Å². The molecule has 0 amide bonds. The third kappa shape index (κ3) is 9.90. The lowest BCUT2D eigenvalue weighted by atomic mass is 10.1. The van der Waals surface area contributed by atoms with Crippen molar-refractivity contribution in [1.82, 2.24) is 0 Å². The molecule has 1 aromatic rings. The smallest absolute Gasteiger partial charge is 0.184 e. The van der Waals surface area contributed by atoms with Crippen molar-refractivity contribution in [3.8, 4) is 0 Å². The maximum Gasteiger partial charge on any atom is 0.184 e. The Hall–Kier alpha value is -0.249. The zero-order valence-corrected chi connectivity index (χ0v) is 20.1. The summed E-state index contributed by atoms with van der Waals surface area (Å²) in [5.41, 5.74) is 3.71. The van der Waals surface area contributed by atoms with E-state index in [2.05, 4.69) is 77.1 Å². The first-order chi connectivity index (χ1) is 10.8. The molecule has 0 saturated heterocycles. The molecule has 0 aliphatic carbocycles. The van der Waals surface area contributed by atoms with Crippen LogP contribution in [0.4, 0.5) is 0 Å². The van der Waals surface area contributed by atoms with E-state index in [1.807, 2.05) is 0 Å². The summed E-state index contributed by atoms with van der Waals surface area (Å²) in [4.78, 5) is 0. The molecule has 0 radical (unpaired) electrons. The summed E-state index contributed by atoms with van der Waals surface area (Å²) >= 11 is 0. The van der Waals surface area contributed by atoms with Crippen molar-refractivity contribution in [2.24, 2.45) is 0 Å². The minimum absolute atomic E-state index is 0.668. The largest absolute Gasteiger partial charge is 0.413 e. The van der Waals surface area contributed by atoms with Crippen LogP contribution in [0.1, 0.15) is 16.7 Å². The minimum Gasteiger partial charge on any atom is -0.413 e. The van der Waals surface area contributed by atoms with E-state index < -0.39 is 25.0 Å². The van der Waals surface area contributed by atoms with Crippen LogP contribution in [0.5, 0.6) is 0 Å². The van der Waals surface area contributed by atoms with E-state index in [0.29, 0.717) is 19.8 Å². The third-order valence-electron chi connectivity index (χ3n) is 3.26. The van der Waals surface area contributed by atoms with Gasteiger partial charge in [-0.3, -0.25) is 0 Å². The molecule has 0 atom stereocenters. The van der Waals surface area contributed by atoms with Crippen LogP contribution in [0.2, 0.25) is 58.9 Å². The molecule has 0 aliphatic rings. The van der Waals surface area contributed by atoms with Crippen molar-refractivity contribution in [3.63, 3.8) is 0 Å². The van der Waals surface area contributed by atoms with Crippen LogP contribution in [-0.4, -0.2) is 25.0 Å². The SMILES string of the molecule is C[Si](C)(C)OCc1ccc(CO[Si](C)(C)C)c(CO[Si](C)(C)C)c1. The van der Waals surface area contributed by atoms with Gasteiger partial charge in [0.15, 0.2) is 25.0 Å². The molecule has 0 N–H and O–H groups in total. The Morgan fingerprint density at radius 3 is 1.46 bits per heavy atom. The van der Waals surface area contributed by atoms with Crippen LogP contribution in [0.3, 0.4) is 0 Å². The highest BCUT2D eigenvalue weighted by Gasteiger charge is 2.19. The molecule has 3 nitrogen and oxygen atoms in total. The lowest BCUT2D eigenvalue weighted by molar-refractivity contribution is 0.276. The lowest BCUT2D eigenvalue weighted by Gasteiger charge is -2.23. The third-order valence-corrected chi connectivity index (χ3v) is 6.29. The van der Waals surface area contributed by atoms with E-state index in [-0.39, 0.29) is 0 Å². The van der Waals surface area contributed by atoms with E-state index in [0.717, 1.165) is 0 Å². The van der Waals surface area contributed by atoms with Crippen LogP contribution >= 0.6 is 0 Å². The van der Waals surface area contributed by atoms with Gasteiger partial charge in [0.2, 0.25) is 0 Å². The molecule has 24 heavy (non-hydrogen) atoms. The fraction of sp³-hybridized carbons (Fsp3) is 0.667. The minimum atomic E-state index is -1.54. The van der Waals surface area contributed by atoms with Crippen molar-refractivity contribution < 1.29 is 13.3 Å². The Bertz CT molecular complexity index is 526. The van der Waals surface area contributed by atoms with E-state index >= 15 is 0 Å². The average molecular weight is 385 g/mol. The van der Waals surface area contributed by atoms with E-state index in [1.165, 1.54) is 16.7 Å². The van der Waals surface area contributed by atoms with Crippen LogP contribution in [0.15, 0.2) is 18.2 Å². The van der Waals surface area contributed by atoms with Crippen molar-refractivity contribution in [1.29, 1.82) is 0 Å². The summed E-state index contributed by atoms with van der Waals surface area (Å²) in [6, 6.07) is 6.59. The molecule has 0 heterocycles. The van der Waals surface area contributed by atoms with Crippen LogP contribution < -0.4 is 0 Å². The topological polar surface area (TPSA) is 27.7 Å². The molecule has 0 fully saturated rings. The second kappa shape index (κ2) is 8.42. The van der Waals surface area contributed by atoms with Gasteiger partial charge < -0.3 is 13.3 Å². The molecule has 0 aromatic heterocycles. The highest BCUT2D eigenvalue weighted by atomic mass is 28.4. The van der Waals surface area contributed by atoms with Gasteiger partial charge in [0.05, 0.1) is 19.8 Å². The summed E-state index contributed by atoms with van der Waals surface area (Å²) in [6.45, 7) is 22.0. The van der Waals surface area contributed by atoms with Gasteiger partial charge >= 0.3 is 0 Å². The molecular formula is C18H36O3Si3. The van der Waals surface area contributed by atoms with E-state index in [4.69, 9.17) is 13.3 Å².